The first kappa shape index (κ1) is 41.6. The third kappa shape index (κ3) is 24.2. The number of allylic oxidation sites excluding steroid dienone is 1. The van der Waals surface area contributed by atoms with Crippen LogP contribution >= 0.6 is 0 Å². The van der Waals surface area contributed by atoms with Crippen LogP contribution in [0.5, 0.6) is 0 Å². The van der Waals surface area contributed by atoms with Gasteiger partial charge in [0, 0.05) is 17.1 Å². The fourth-order valence-electron chi connectivity index (χ4n) is 1.36. The van der Waals surface area contributed by atoms with Gasteiger partial charge in [0.15, 0.2) is 21.4 Å². The van der Waals surface area contributed by atoms with E-state index in [-0.39, 0.29) is 28.6 Å². The summed E-state index contributed by atoms with van der Waals surface area (Å²) < 4.78 is 25.9. The molecule has 0 fully saturated rings. The number of aliphatic hydroxyl groups is 1. The molecule has 1 unspecified atom stereocenters. The highest BCUT2D eigenvalue weighted by Crippen LogP contribution is 2.20. The number of sulfone groups is 1. The Hall–Kier alpha value is -1.54. The molecule has 1 N–H and O–H groups in total. The largest absolute Gasteiger partial charge is 0.460 e. The number of hydrogen-bond donors (Lipinski definition) is 1. The summed E-state index contributed by atoms with van der Waals surface area (Å²) in [6.07, 6.45) is 1.78. The van der Waals surface area contributed by atoms with Crippen LogP contribution in [0.15, 0.2) is 12.7 Å². The molecule has 0 rings (SSSR count). The smallest absolute Gasteiger partial charge is 0.311 e. The van der Waals surface area contributed by atoms with Gasteiger partial charge in [-0.05, 0) is 75.3 Å². The second-order valence-corrected chi connectivity index (χ2v) is 16.5. The number of esters is 1. The summed E-state index contributed by atoms with van der Waals surface area (Å²) in [5.74, 6) is -0.162. The van der Waals surface area contributed by atoms with Crippen LogP contribution < -0.4 is 0 Å². The molecule has 0 radical (unpaired) electrons. The number of ketones is 2. The van der Waals surface area contributed by atoms with E-state index in [0.29, 0.717) is 0 Å². The number of rotatable bonds is 2. The average Bonchev–Trinajstić information content (AvgIpc) is 2.56. The van der Waals surface area contributed by atoms with Crippen LogP contribution in [0, 0.1) is 16.2 Å². The SMILES string of the molecule is C=CC(=O)C(C)(C)C.CC(C)(C)OC(=O)C(C)(C)C.CC(C)(C)S(C)(=O)=O.CC(O)C(=O)C(C)(C)C. The summed E-state index contributed by atoms with van der Waals surface area (Å²) >= 11 is 0. The Morgan fingerprint density at radius 2 is 1.06 bits per heavy atom. The molecule has 0 aliphatic rings. The van der Waals surface area contributed by atoms with E-state index >= 15 is 0 Å². The van der Waals surface area contributed by atoms with Crippen molar-refractivity contribution in [2.24, 2.45) is 16.2 Å². The molecule has 0 aromatic heterocycles. The topological polar surface area (TPSA) is 115 Å². The molecular weight excluding hydrogens is 480 g/mol. The zero-order valence-electron chi connectivity index (χ0n) is 26.2. The summed E-state index contributed by atoms with van der Waals surface area (Å²) in [6.45, 7) is 32.1. The van der Waals surface area contributed by atoms with E-state index in [0.717, 1.165) is 0 Å². The van der Waals surface area contributed by atoms with E-state index < -0.39 is 31.5 Å². The molecule has 0 saturated heterocycles. The number of ether oxygens (including phenoxy) is 1. The molecule has 0 bridgehead atoms. The van der Waals surface area contributed by atoms with Crippen LogP contribution in [0.4, 0.5) is 0 Å². The van der Waals surface area contributed by atoms with Crippen LogP contribution in [0.1, 0.15) is 111 Å². The maximum absolute atomic E-state index is 11.3. The number of aliphatic hydroxyl groups excluding tert-OH is 1. The summed E-state index contributed by atoms with van der Waals surface area (Å²) in [5.41, 5.74) is -1.42. The van der Waals surface area contributed by atoms with Gasteiger partial charge < -0.3 is 9.84 Å². The second-order valence-electron chi connectivity index (χ2n) is 13.7. The van der Waals surface area contributed by atoms with E-state index in [1.807, 2.05) is 62.3 Å². The Morgan fingerprint density at radius 3 is 1.08 bits per heavy atom. The minimum absolute atomic E-state index is 0.0949. The van der Waals surface area contributed by atoms with Crippen molar-refractivity contribution in [2.45, 2.75) is 127 Å². The molecule has 1 atom stereocenters. The van der Waals surface area contributed by atoms with Crippen LogP contribution in [0.25, 0.3) is 0 Å². The predicted octanol–water partition coefficient (Wildman–Crippen LogP) is 5.97. The van der Waals surface area contributed by atoms with Crippen molar-refractivity contribution in [3.8, 4) is 0 Å². The lowest BCUT2D eigenvalue weighted by Gasteiger charge is -2.25. The summed E-state index contributed by atoms with van der Waals surface area (Å²) in [6, 6.07) is 0. The Labute approximate surface area is 222 Å². The second kappa shape index (κ2) is 15.0. The van der Waals surface area contributed by atoms with Crippen molar-refractivity contribution in [2.75, 3.05) is 6.26 Å². The molecule has 0 saturated carbocycles. The van der Waals surface area contributed by atoms with Crippen molar-refractivity contribution in [1.29, 1.82) is 0 Å². The quantitative estimate of drug-likeness (QED) is 0.341. The molecule has 0 aromatic rings. The molecule has 0 amide bonds. The zero-order chi connectivity index (χ0) is 30.7. The van der Waals surface area contributed by atoms with Gasteiger partial charge in [-0.3, -0.25) is 14.4 Å². The van der Waals surface area contributed by atoms with Crippen molar-refractivity contribution < 1.29 is 32.6 Å². The van der Waals surface area contributed by atoms with Gasteiger partial charge in [0.2, 0.25) is 0 Å². The lowest BCUT2D eigenvalue weighted by molar-refractivity contribution is -0.164. The van der Waals surface area contributed by atoms with E-state index in [9.17, 15) is 22.8 Å². The van der Waals surface area contributed by atoms with Crippen LogP contribution in [-0.2, 0) is 29.0 Å². The molecule has 36 heavy (non-hydrogen) atoms. The average molecular weight is 537 g/mol. The molecule has 216 valence electrons. The minimum Gasteiger partial charge on any atom is -0.460 e. The van der Waals surface area contributed by atoms with E-state index in [2.05, 4.69) is 6.58 Å². The predicted molar refractivity (Wildman–Crippen MR) is 151 cm³/mol. The van der Waals surface area contributed by atoms with Gasteiger partial charge in [-0.15, -0.1) is 0 Å². The Balaban J connectivity index is -0.000000191. The van der Waals surface area contributed by atoms with Crippen molar-refractivity contribution in [3.63, 3.8) is 0 Å². The lowest BCUT2D eigenvalue weighted by Crippen LogP contribution is -2.31. The number of Topliss-reactive ketones (excluding diaryl/α,β-unsaturated/α-hetero) is 1. The summed E-state index contributed by atoms with van der Waals surface area (Å²) in [7, 11) is -2.84. The Kier molecular flexibility index (Phi) is 17.3. The molecule has 0 aliphatic heterocycles. The molecule has 8 heteroatoms. The summed E-state index contributed by atoms with van der Waals surface area (Å²) in [4.78, 5) is 32.9. The monoisotopic (exact) mass is 536 g/mol. The molecule has 0 aliphatic carbocycles. The molecule has 7 nitrogen and oxygen atoms in total. The van der Waals surface area contributed by atoms with Gasteiger partial charge in [-0.25, -0.2) is 8.42 Å². The Morgan fingerprint density at radius 1 is 0.750 bits per heavy atom. The fraction of sp³-hybridized carbons (Fsp3) is 0.821. The van der Waals surface area contributed by atoms with Crippen molar-refractivity contribution >= 4 is 27.4 Å². The maximum atomic E-state index is 11.3. The van der Waals surface area contributed by atoms with Gasteiger partial charge in [0.05, 0.1) is 10.2 Å². The normalized spacial score (nSPS) is 13.3. The lowest BCUT2D eigenvalue weighted by atomic mass is 9.88. The zero-order valence-corrected chi connectivity index (χ0v) is 27.0. The minimum atomic E-state index is -2.84. The molecule has 0 aromatic carbocycles. The number of carbonyl (C=O) groups excluding carboxylic acids is 3. The van der Waals surface area contributed by atoms with Crippen LogP contribution in [0.3, 0.4) is 0 Å². The molecular formula is C28H56O7S. The van der Waals surface area contributed by atoms with E-state index in [4.69, 9.17) is 9.84 Å². The van der Waals surface area contributed by atoms with Gasteiger partial charge >= 0.3 is 5.97 Å². The fourth-order valence-corrected chi connectivity index (χ4v) is 1.36. The maximum Gasteiger partial charge on any atom is 0.311 e. The molecule has 0 heterocycles. The van der Waals surface area contributed by atoms with Crippen molar-refractivity contribution in [3.05, 3.63) is 12.7 Å². The number of carbonyl (C=O) groups is 3. The highest BCUT2D eigenvalue weighted by Gasteiger charge is 2.27. The van der Waals surface area contributed by atoms with Crippen molar-refractivity contribution in [1.82, 2.24) is 0 Å². The third-order valence-electron chi connectivity index (χ3n) is 4.17. The van der Waals surface area contributed by atoms with Gasteiger partial charge in [0.25, 0.3) is 0 Å². The molecule has 0 spiro atoms. The standard InChI is InChI=1S/C9H18O2.C7H14O2.C7H12O.C5H12O2S/c1-8(2,3)7(10)11-9(4,5)6;1-5(8)6(9)7(2,3)4;1-5-6(8)7(2,3)4;1-5(2,3)8(4,6)7/h1-6H3;5,8H,1-4H3;5H,1H2,2-4H3;1-4H3. The number of hydrogen-bond acceptors (Lipinski definition) is 7. The van der Waals surface area contributed by atoms with Crippen LogP contribution in [0.2, 0.25) is 0 Å². The van der Waals surface area contributed by atoms with Crippen LogP contribution in [-0.4, -0.2) is 53.8 Å². The Bertz CT molecular complexity index is 800. The first-order valence-electron chi connectivity index (χ1n) is 12.0. The first-order valence-corrected chi connectivity index (χ1v) is 13.9. The van der Waals surface area contributed by atoms with Gasteiger partial charge in [-0.1, -0.05) is 48.1 Å². The van der Waals surface area contributed by atoms with E-state index in [1.54, 1.807) is 41.5 Å². The third-order valence-corrected chi connectivity index (χ3v) is 6.39. The summed E-state index contributed by atoms with van der Waals surface area (Å²) in [5, 5.41) is 8.81. The first-order chi connectivity index (χ1) is 15.2. The van der Waals surface area contributed by atoms with Gasteiger partial charge in [-0.2, -0.15) is 0 Å². The van der Waals surface area contributed by atoms with E-state index in [1.165, 1.54) is 19.3 Å². The van der Waals surface area contributed by atoms with Gasteiger partial charge in [0.1, 0.15) is 11.7 Å². The highest BCUT2D eigenvalue weighted by atomic mass is 32.2. The highest BCUT2D eigenvalue weighted by molar-refractivity contribution is 7.92.